The molecule has 3 heterocycles. The first kappa shape index (κ1) is 20.5. The fraction of sp³-hybridized carbons (Fsp3) is 0.600. The molecule has 0 amide bonds. The van der Waals surface area contributed by atoms with Crippen molar-refractivity contribution in [3.05, 3.63) is 29.8 Å². The lowest BCUT2D eigenvalue weighted by Crippen LogP contribution is -2.53. The van der Waals surface area contributed by atoms with E-state index in [2.05, 4.69) is 16.7 Å². The maximum absolute atomic E-state index is 8.93. The molecule has 0 spiro atoms. The molecule has 8 nitrogen and oxygen atoms in total. The van der Waals surface area contributed by atoms with Crippen molar-refractivity contribution in [3.8, 4) is 6.07 Å². The lowest BCUT2D eigenvalue weighted by atomic mass is 10.0. The van der Waals surface area contributed by atoms with Crippen LogP contribution in [0.15, 0.2) is 24.3 Å². The highest BCUT2D eigenvalue weighted by atomic mass is 32.1. The van der Waals surface area contributed by atoms with Crippen molar-refractivity contribution >= 4 is 23.0 Å². The number of nitrogens with one attached hydrogen (secondary N) is 2. The molecule has 0 saturated carbocycles. The fourth-order valence-corrected chi connectivity index (χ4v) is 4.09. The number of benzene rings is 1. The van der Waals surface area contributed by atoms with Crippen LogP contribution in [0.2, 0.25) is 0 Å². The molecular formula is C20H25N3O5S. The molecule has 1 aromatic carbocycles. The van der Waals surface area contributed by atoms with Gasteiger partial charge in [-0.1, -0.05) is 0 Å². The largest absolute Gasteiger partial charge is 0.354 e. The fourth-order valence-electron chi connectivity index (χ4n) is 3.84. The quantitative estimate of drug-likeness (QED) is 0.715. The Hall–Kier alpha value is -1.80. The Kier molecular flexibility index (Phi) is 5.27. The third-order valence-electron chi connectivity index (χ3n) is 5.05. The molecule has 3 fully saturated rings. The zero-order chi connectivity index (χ0) is 20.8. The molecule has 1 unspecified atom stereocenters. The summed E-state index contributed by atoms with van der Waals surface area (Å²) in [7, 11) is 0. The monoisotopic (exact) mass is 419 g/mol. The average Bonchev–Trinajstić information content (AvgIpc) is 3.26. The van der Waals surface area contributed by atoms with E-state index in [4.69, 9.17) is 41.2 Å². The van der Waals surface area contributed by atoms with Gasteiger partial charge in [0, 0.05) is 5.69 Å². The van der Waals surface area contributed by atoms with Gasteiger partial charge in [-0.3, -0.25) is 0 Å². The number of rotatable bonds is 3. The van der Waals surface area contributed by atoms with Crippen molar-refractivity contribution in [2.75, 3.05) is 11.9 Å². The van der Waals surface area contributed by atoms with Crippen LogP contribution >= 0.6 is 12.2 Å². The van der Waals surface area contributed by atoms with Gasteiger partial charge in [-0.05, 0) is 64.2 Å². The molecule has 156 valence electrons. The Labute approximate surface area is 175 Å². The summed E-state index contributed by atoms with van der Waals surface area (Å²) in [5, 5.41) is 15.8. The number of nitrogens with zero attached hydrogens (tertiary/aromatic N) is 1. The molecule has 29 heavy (non-hydrogen) atoms. The third kappa shape index (κ3) is 4.38. The van der Waals surface area contributed by atoms with E-state index in [1.54, 1.807) is 24.3 Å². The summed E-state index contributed by atoms with van der Waals surface area (Å²) >= 11 is 5.51. The van der Waals surface area contributed by atoms with Crippen LogP contribution in [0.1, 0.15) is 33.3 Å². The highest BCUT2D eigenvalue weighted by Crippen LogP contribution is 2.40. The number of anilines is 1. The smallest absolute Gasteiger partial charge is 0.189 e. The van der Waals surface area contributed by atoms with Gasteiger partial charge in [-0.15, -0.1) is 0 Å². The summed E-state index contributed by atoms with van der Waals surface area (Å²) in [5.74, 6) is -1.41. The van der Waals surface area contributed by atoms with Crippen LogP contribution < -0.4 is 10.6 Å². The number of thiocarbonyl (C=S) groups is 1. The van der Waals surface area contributed by atoms with Gasteiger partial charge >= 0.3 is 0 Å². The van der Waals surface area contributed by atoms with Crippen LogP contribution in [0.4, 0.5) is 5.69 Å². The molecule has 9 heteroatoms. The second kappa shape index (κ2) is 7.47. The van der Waals surface area contributed by atoms with E-state index in [-0.39, 0.29) is 24.4 Å². The van der Waals surface area contributed by atoms with Crippen LogP contribution in [0.5, 0.6) is 0 Å². The lowest BCUT2D eigenvalue weighted by molar-refractivity contribution is -0.223. The molecule has 3 saturated heterocycles. The SMILES string of the molecule is CC1(C)OCC([C@H]2O[C@@H]3OC(C)(C)O[C@@H]3[C@@H]2NC(=S)Nc2ccc(C#N)cc2)O1. The molecule has 5 atom stereocenters. The number of hydrogen-bond acceptors (Lipinski definition) is 7. The topological polar surface area (TPSA) is 94.0 Å². The Morgan fingerprint density at radius 1 is 1.07 bits per heavy atom. The normalized spacial score (nSPS) is 34.4. The molecular weight excluding hydrogens is 394 g/mol. The molecule has 3 aliphatic heterocycles. The summed E-state index contributed by atoms with van der Waals surface area (Å²) in [5.41, 5.74) is 1.36. The number of fused-ring (bicyclic) bond motifs is 1. The number of ether oxygens (including phenoxy) is 5. The minimum atomic E-state index is -0.741. The zero-order valence-corrected chi connectivity index (χ0v) is 17.6. The second-order valence-corrected chi connectivity index (χ2v) is 8.66. The summed E-state index contributed by atoms with van der Waals surface area (Å²) in [4.78, 5) is 0. The summed E-state index contributed by atoms with van der Waals surface area (Å²) in [6.07, 6.45) is -1.50. The summed E-state index contributed by atoms with van der Waals surface area (Å²) in [6, 6.07) is 8.85. The Morgan fingerprint density at radius 3 is 2.41 bits per heavy atom. The highest BCUT2D eigenvalue weighted by molar-refractivity contribution is 7.80. The minimum absolute atomic E-state index is 0.277. The van der Waals surface area contributed by atoms with Crippen LogP contribution in [0, 0.1) is 11.3 Å². The second-order valence-electron chi connectivity index (χ2n) is 8.25. The predicted molar refractivity (Wildman–Crippen MR) is 108 cm³/mol. The first-order valence-electron chi connectivity index (χ1n) is 9.56. The van der Waals surface area contributed by atoms with Crippen molar-refractivity contribution in [3.63, 3.8) is 0 Å². The van der Waals surface area contributed by atoms with Crippen LogP contribution in [0.3, 0.4) is 0 Å². The van der Waals surface area contributed by atoms with Crippen molar-refractivity contribution in [1.29, 1.82) is 5.26 Å². The van der Waals surface area contributed by atoms with Crippen LogP contribution in [-0.2, 0) is 23.7 Å². The average molecular weight is 420 g/mol. The van der Waals surface area contributed by atoms with E-state index in [1.807, 2.05) is 27.7 Å². The number of hydrogen-bond donors (Lipinski definition) is 2. The molecule has 0 radical (unpaired) electrons. The summed E-state index contributed by atoms with van der Waals surface area (Å²) in [6.45, 7) is 7.87. The van der Waals surface area contributed by atoms with Gasteiger partial charge < -0.3 is 34.3 Å². The van der Waals surface area contributed by atoms with Gasteiger partial charge in [0.2, 0.25) is 0 Å². The van der Waals surface area contributed by atoms with E-state index in [1.165, 1.54) is 0 Å². The van der Waals surface area contributed by atoms with Crippen LogP contribution in [0.25, 0.3) is 0 Å². The van der Waals surface area contributed by atoms with E-state index in [0.717, 1.165) is 5.69 Å². The minimum Gasteiger partial charge on any atom is -0.354 e. The molecule has 3 aliphatic rings. The predicted octanol–water partition coefficient (Wildman–Crippen LogP) is 2.24. The zero-order valence-electron chi connectivity index (χ0n) is 16.8. The number of nitriles is 1. The Bertz CT molecular complexity index is 822. The molecule has 1 aromatic rings. The third-order valence-corrected chi connectivity index (χ3v) is 5.27. The molecule has 0 aliphatic carbocycles. The maximum atomic E-state index is 8.93. The van der Waals surface area contributed by atoms with Crippen molar-refractivity contribution in [2.24, 2.45) is 0 Å². The Morgan fingerprint density at radius 2 is 1.79 bits per heavy atom. The highest BCUT2D eigenvalue weighted by Gasteiger charge is 2.58. The summed E-state index contributed by atoms with van der Waals surface area (Å²) < 4.78 is 29.9. The standard InChI is InChI=1S/C20H25N3O5S/c1-19(2)24-10-13(26-19)15-14(16-17(25-15)28-20(3,4)27-16)23-18(29)22-12-7-5-11(9-21)6-8-12/h5-8,13-17H,10H2,1-4H3,(H2,22,23,29)/t13?,14-,15-,16-,17-/m1/s1. The lowest BCUT2D eigenvalue weighted by Gasteiger charge is -2.30. The van der Waals surface area contributed by atoms with E-state index >= 15 is 0 Å². The van der Waals surface area contributed by atoms with Gasteiger partial charge in [-0.25, -0.2) is 0 Å². The van der Waals surface area contributed by atoms with E-state index in [9.17, 15) is 0 Å². The van der Waals surface area contributed by atoms with Gasteiger partial charge in [0.05, 0.1) is 24.3 Å². The van der Waals surface area contributed by atoms with E-state index in [0.29, 0.717) is 17.3 Å². The van der Waals surface area contributed by atoms with Crippen molar-refractivity contribution < 1.29 is 23.7 Å². The first-order valence-corrected chi connectivity index (χ1v) is 9.97. The molecule has 0 bridgehead atoms. The Balaban J connectivity index is 1.47. The van der Waals surface area contributed by atoms with Gasteiger partial charge in [0.15, 0.2) is 23.0 Å². The first-order chi connectivity index (χ1) is 13.7. The molecule has 2 N–H and O–H groups in total. The molecule has 0 aromatic heterocycles. The van der Waals surface area contributed by atoms with Gasteiger partial charge in [0.25, 0.3) is 0 Å². The van der Waals surface area contributed by atoms with Crippen molar-refractivity contribution in [2.45, 2.75) is 69.9 Å². The van der Waals surface area contributed by atoms with Crippen LogP contribution in [-0.4, -0.2) is 53.9 Å². The van der Waals surface area contributed by atoms with Gasteiger partial charge in [0.1, 0.15) is 18.3 Å². The maximum Gasteiger partial charge on any atom is 0.189 e. The van der Waals surface area contributed by atoms with Crippen molar-refractivity contribution in [1.82, 2.24) is 5.32 Å². The molecule has 4 rings (SSSR count). The van der Waals surface area contributed by atoms with E-state index < -0.39 is 17.9 Å². The van der Waals surface area contributed by atoms with Gasteiger partial charge in [-0.2, -0.15) is 5.26 Å².